The molecule has 0 aromatic heterocycles. The van der Waals surface area contributed by atoms with E-state index in [0.29, 0.717) is 6.54 Å². The molecule has 108 valence electrons. The molecular weight excluding hydrogens is 262 g/mol. The fraction of sp³-hybridized carbons (Fsp3) is 0.278. The van der Waals surface area contributed by atoms with Crippen LogP contribution in [0.4, 0.5) is 0 Å². The van der Waals surface area contributed by atoms with Crippen LogP contribution in [0.3, 0.4) is 0 Å². The Kier molecular flexibility index (Phi) is 3.76. The van der Waals surface area contributed by atoms with E-state index in [4.69, 9.17) is 4.74 Å². The summed E-state index contributed by atoms with van der Waals surface area (Å²) in [6.07, 6.45) is 0. The van der Waals surface area contributed by atoms with Crippen molar-refractivity contribution < 1.29 is 9.53 Å². The zero-order chi connectivity index (χ0) is 14.8. The largest absolute Gasteiger partial charge is 0.468 e. The van der Waals surface area contributed by atoms with Gasteiger partial charge in [0.2, 0.25) is 0 Å². The number of rotatable bonds is 4. The number of methoxy groups -OCH3 is 1. The van der Waals surface area contributed by atoms with Crippen LogP contribution < -0.4 is 0 Å². The van der Waals surface area contributed by atoms with E-state index in [9.17, 15) is 4.79 Å². The summed E-state index contributed by atoms with van der Waals surface area (Å²) in [5.41, 5.74) is 5.07. The second-order valence-electron chi connectivity index (χ2n) is 5.22. The van der Waals surface area contributed by atoms with Crippen molar-refractivity contribution in [3.8, 4) is 11.1 Å². The lowest BCUT2D eigenvalue weighted by Crippen LogP contribution is -2.33. The summed E-state index contributed by atoms with van der Waals surface area (Å²) in [5, 5.41) is 0. The molecule has 1 aliphatic carbocycles. The molecule has 3 nitrogen and oxygen atoms in total. The molecule has 2 aromatic carbocycles. The van der Waals surface area contributed by atoms with Gasteiger partial charge in [-0.25, -0.2) is 0 Å². The van der Waals surface area contributed by atoms with Crippen LogP contribution in [0.1, 0.15) is 24.1 Å². The lowest BCUT2D eigenvalue weighted by atomic mass is 10.0. The van der Waals surface area contributed by atoms with Crippen molar-refractivity contribution >= 4 is 5.97 Å². The van der Waals surface area contributed by atoms with Crippen LogP contribution >= 0.6 is 0 Å². The van der Waals surface area contributed by atoms with Gasteiger partial charge in [-0.05, 0) is 28.8 Å². The summed E-state index contributed by atoms with van der Waals surface area (Å²) in [7, 11) is 1.44. The van der Waals surface area contributed by atoms with Gasteiger partial charge in [0.1, 0.15) is 0 Å². The first-order valence-electron chi connectivity index (χ1n) is 7.25. The van der Waals surface area contributed by atoms with Crippen molar-refractivity contribution in [3.05, 3.63) is 59.7 Å². The molecule has 3 rings (SSSR count). The fourth-order valence-corrected chi connectivity index (χ4v) is 3.14. The Labute approximate surface area is 125 Å². The van der Waals surface area contributed by atoms with Crippen LogP contribution in [0.5, 0.6) is 0 Å². The Morgan fingerprint density at radius 3 is 2.05 bits per heavy atom. The maximum atomic E-state index is 11.7. The minimum atomic E-state index is -0.196. The Balaban J connectivity index is 2.07. The van der Waals surface area contributed by atoms with Crippen molar-refractivity contribution in [2.75, 3.05) is 20.2 Å². The van der Waals surface area contributed by atoms with Gasteiger partial charge in [0.05, 0.1) is 19.7 Å². The predicted octanol–water partition coefficient (Wildman–Crippen LogP) is 3.25. The standard InChI is InChI=1S/C18H19NO2/c1-3-19(12-17(20)21-2)18-15-10-6-4-8-13(15)14-9-5-7-11-16(14)18/h4-11,18H,3,12H2,1-2H3. The van der Waals surface area contributed by atoms with E-state index in [1.165, 1.54) is 29.4 Å². The smallest absolute Gasteiger partial charge is 0.319 e. The van der Waals surface area contributed by atoms with Gasteiger partial charge in [0, 0.05) is 0 Å². The number of carbonyl (C=O) groups excluding carboxylic acids is 1. The maximum absolute atomic E-state index is 11.7. The van der Waals surface area contributed by atoms with Gasteiger partial charge in [0.15, 0.2) is 0 Å². The van der Waals surface area contributed by atoms with E-state index in [0.717, 1.165) is 6.54 Å². The Morgan fingerprint density at radius 1 is 1.05 bits per heavy atom. The molecular formula is C18H19NO2. The van der Waals surface area contributed by atoms with E-state index in [-0.39, 0.29) is 12.0 Å². The minimum absolute atomic E-state index is 0.126. The maximum Gasteiger partial charge on any atom is 0.319 e. The van der Waals surface area contributed by atoms with Crippen molar-refractivity contribution in [1.82, 2.24) is 4.90 Å². The van der Waals surface area contributed by atoms with Crippen LogP contribution in [0.15, 0.2) is 48.5 Å². The number of hydrogen-bond acceptors (Lipinski definition) is 3. The highest BCUT2D eigenvalue weighted by Gasteiger charge is 2.32. The number of ether oxygens (including phenoxy) is 1. The first-order chi connectivity index (χ1) is 10.3. The van der Waals surface area contributed by atoms with E-state index in [1.54, 1.807) is 0 Å². The van der Waals surface area contributed by atoms with Crippen molar-refractivity contribution in [2.45, 2.75) is 13.0 Å². The molecule has 21 heavy (non-hydrogen) atoms. The van der Waals surface area contributed by atoms with E-state index >= 15 is 0 Å². The molecule has 0 bridgehead atoms. The number of likely N-dealkylation sites (N-methyl/N-ethyl adjacent to an activating group) is 1. The minimum Gasteiger partial charge on any atom is -0.468 e. The lowest BCUT2D eigenvalue weighted by molar-refractivity contribution is -0.142. The molecule has 0 saturated heterocycles. The molecule has 0 fully saturated rings. The highest BCUT2D eigenvalue weighted by molar-refractivity contribution is 5.79. The van der Waals surface area contributed by atoms with E-state index in [1.807, 2.05) is 0 Å². The van der Waals surface area contributed by atoms with Crippen molar-refractivity contribution in [1.29, 1.82) is 0 Å². The number of esters is 1. The van der Waals surface area contributed by atoms with Gasteiger partial charge in [0.25, 0.3) is 0 Å². The third-order valence-electron chi connectivity index (χ3n) is 4.13. The van der Waals surface area contributed by atoms with E-state index < -0.39 is 0 Å². The van der Waals surface area contributed by atoms with E-state index in [2.05, 4.69) is 60.4 Å². The average Bonchev–Trinajstić information content (AvgIpc) is 2.87. The Morgan fingerprint density at radius 2 is 1.57 bits per heavy atom. The van der Waals surface area contributed by atoms with Crippen LogP contribution in [-0.4, -0.2) is 31.1 Å². The summed E-state index contributed by atoms with van der Waals surface area (Å²) < 4.78 is 4.84. The highest BCUT2D eigenvalue weighted by atomic mass is 16.5. The number of benzene rings is 2. The summed E-state index contributed by atoms with van der Waals surface area (Å²) in [6.45, 7) is 3.18. The number of carbonyl (C=O) groups is 1. The third kappa shape index (κ3) is 2.34. The molecule has 0 radical (unpaired) electrons. The molecule has 0 unspecified atom stereocenters. The summed E-state index contributed by atoms with van der Waals surface area (Å²) in [4.78, 5) is 13.9. The normalized spacial score (nSPS) is 13.1. The second-order valence-corrected chi connectivity index (χ2v) is 5.22. The zero-order valence-corrected chi connectivity index (χ0v) is 12.4. The van der Waals surface area contributed by atoms with Gasteiger partial charge >= 0.3 is 5.97 Å². The van der Waals surface area contributed by atoms with Gasteiger partial charge in [-0.2, -0.15) is 0 Å². The fourth-order valence-electron chi connectivity index (χ4n) is 3.14. The van der Waals surface area contributed by atoms with Crippen LogP contribution in [0, 0.1) is 0 Å². The van der Waals surface area contributed by atoms with Crippen LogP contribution in [0.2, 0.25) is 0 Å². The van der Waals surface area contributed by atoms with Crippen LogP contribution in [0.25, 0.3) is 11.1 Å². The molecule has 0 atom stereocenters. The molecule has 3 heteroatoms. The molecule has 0 aliphatic heterocycles. The molecule has 1 aliphatic rings. The van der Waals surface area contributed by atoms with Gasteiger partial charge < -0.3 is 4.74 Å². The van der Waals surface area contributed by atoms with Gasteiger partial charge in [-0.3, -0.25) is 9.69 Å². The predicted molar refractivity (Wildman–Crippen MR) is 83.0 cm³/mol. The topological polar surface area (TPSA) is 29.5 Å². The highest BCUT2D eigenvalue weighted by Crippen LogP contribution is 2.45. The number of hydrogen-bond donors (Lipinski definition) is 0. The molecule has 0 heterocycles. The number of fused-ring (bicyclic) bond motifs is 3. The quantitative estimate of drug-likeness (QED) is 0.806. The molecule has 0 N–H and O–H groups in total. The van der Waals surface area contributed by atoms with Crippen LogP contribution in [-0.2, 0) is 9.53 Å². The molecule has 0 spiro atoms. The third-order valence-corrected chi connectivity index (χ3v) is 4.13. The lowest BCUT2D eigenvalue weighted by Gasteiger charge is -2.28. The van der Waals surface area contributed by atoms with Crippen molar-refractivity contribution in [3.63, 3.8) is 0 Å². The first kappa shape index (κ1) is 13.8. The molecule has 0 amide bonds. The monoisotopic (exact) mass is 281 g/mol. The molecule has 0 saturated carbocycles. The zero-order valence-electron chi connectivity index (χ0n) is 12.4. The molecule has 2 aromatic rings. The average molecular weight is 281 g/mol. The van der Waals surface area contributed by atoms with Gasteiger partial charge in [-0.1, -0.05) is 55.5 Å². The first-order valence-corrected chi connectivity index (χ1v) is 7.25. The Hall–Kier alpha value is -2.13. The summed E-state index contributed by atoms with van der Waals surface area (Å²) in [5.74, 6) is -0.196. The van der Waals surface area contributed by atoms with Crippen molar-refractivity contribution in [2.24, 2.45) is 0 Å². The second kappa shape index (κ2) is 5.70. The number of nitrogens with zero attached hydrogens (tertiary/aromatic N) is 1. The Bertz CT molecular complexity index is 620. The summed E-state index contributed by atoms with van der Waals surface area (Å²) >= 11 is 0. The SMILES string of the molecule is CCN(CC(=O)OC)C1c2ccccc2-c2ccccc21. The van der Waals surface area contributed by atoms with Gasteiger partial charge in [-0.15, -0.1) is 0 Å². The summed E-state index contributed by atoms with van der Waals surface area (Å²) in [6, 6.07) is 17.0.